The third-order valence-electron chi connectivity index (χ3n) is 13.7. The molecule has 0 amide bonds. The largest absolute Gasteiger partial charge is 0.756 e. The number of unbranched alkanes of at least 4 members (excludes halogenated alkanes) is 32. The minimum absolute atomic E-state index is 0.0332. The molecule has 0 radical (unpaired) electrons. The first-order valence-corrected chi connectivity index (χ1v) is 33.1. The van der Waals surface area contributed by atoms with Crippen molar-refractivity contribution in [3.8, 4) is 0 Å². The van der Waals surface area contributed by atoms with Crippen molar-refractivity contribution < 1.29 is 42.1 Å². The van der Waals surface area contributed by atoms with Crippen molar-refractivity contribution in [3.05, 3.63) is 72.9 Å². The van der Waals surface area contributed by atoms with E-state index in [9.17, 15) is 19.0 Å². The highest BCUT2D eigenvalue weighted by Crippen LogP contribution is 2.38. The van der Waals surface area contributed by atoms with Gasteiger partial charge in [-0.1, -0.05) is 260 Å². The predicted molar refractivity (Wildman–Crippen MR) is 323 cm³/mol. The summed E-state index contributed by atoms with van der Waals surface area (Å²) in [5.41, 5.74) is 0. The molecule has 0 aromatic heterocycles. The summed E-state index contributed by atoms with van der Waals surface area (Å²) in [5.74, 6) is -0.831. The van der Waals surface area contributed by atoms with Gasteiger partial charge in [-0.25, -0.2) is 0 Å². The monoisotopic (exact) mass is 1090 g/mol. The van der Waals surface area contributed by atoms with Gasteiger partial charge < -0.3 is 27.9 Å². The van der Waals surface area contributed by atoms with Gasteiger partial charge in [-0.2, -0.15) is 0 Å². The van der Waals surface area contributed by atoms with E-state index in [1.54, 1.807) is 0 Å². The number of carbonyl (C=O) groups is 2. The number of phosphoric acid groups is 1. The maximum Gasteiger partial charge on any atom is 0.306 e. The highest BCUT2D eigenvalue weighted by atomic mass is 31.2. The molecule has 9 nitrogen and oxygen atoms in total. The van der Waals surface area contributed by atoms with Crippen molar-refractivity contribution >= 4 is 19.8 Å². The molecular formula is C66H120NO8P. The first-order chi connectivity index (χ1) is 37.0. The number of ether oxygens (including phenoxy) is 2. The van der Waals surface area contributed by atoms with Crippen molar-refractivity contribution in [2.75, 3.05) is 47.5 Å². The second kappa shape index (κ2) is 57.1. The molecule has 76 heavy (non-hydrogen) atoms. The molecule has 0 fully saturated rings. The summed E-state index contributed by atoms with van der Waals surface area (Å²) in [6.45, 7) is 4.14. The van der Waals surface area contributed by atoms with Crippen LogP contribution in [0.2, 0.25) is 0 Å². The van der Waals surface area contributed by atoms with Crippen LogP contribution in [-0.2, 0) is 32.7 Å². The van der Waals surface area contributed by atoms with Crippen LogP contribution in [0.25, 0.3) is 0 Å². The van der Waals surface area contributed by atoms with E-state index in [1.165, 1.54) is 173 Å². The van der Waals surface area contributed by atoms with Crippen molar-refractivity contribution in [2.24, 2.45) is 0 Å². The number of hydrogen-bond acceptors (Lipinski definition) is 8. The lowest BCUT2D eigenvalue weighted by atomic mass is 10.0. The molecule has 0 N–H and O–H groups in total. The molecule has 0 rings (SSSR count). The second-order valence-electron chi connectivity index (χ2n) is 22.4. The van der Waals surface area contributed by atoms with Gasteiger partial charge in [0.15, 0.2) is 6.10 Å². The zero-order chi connectivity index (χ0) is 55.6. The second-order valence-corrected chi connectivity index (χ2v) is 23.8. The van der Waals surface area contributed by atoms with E-state index in [0.717, 1.165) is 77.0 Å². The normalized spacial score (nSPS) is 13.7. The molecule has 0 aliphatic heterocycles. The molecule has 2 unspecified atom stereocenters. The lowest BCUT2D eigenvalue weighted by molar-refractivity contribution is -0.870. The number of rotatable bonds is 58. The Kier molecular flexibility index (Phi) is 55.2. The highest BCUT2D eigenvalue weighted by Gasteiger charge is 2.22. The molecule has 2 atom stereocenters. The van der Waals surface area contributed by atoms with E-state index in [2.05, 4.69) is 86.8 Å². The molecule has 442 valence electrons. The first kappa shape index (κ1) is 73.5. The third-order valence-corrected chi connectivity index (χ3v) is 14.7. The van der Waals surface area contributed by atoms with E-state index >= 15 is 0 Å². The quantitative estimate of drug-likeness (QED) is 0.0195. The average Bonchev–Trinajstić information content (AvgIpc) is 3.38. The van der Waals surface area contributed by atoms with Crippen molar-refractivity contribution in [1.29, 1.82) is 0 Å². The summed E-state index contributed by atoms with van der Waals surface area (Å²) in [5, 5.41) is 0. The molecule has 10 heteroatoms. The predicted octanol–water partition coefficient (Wildman–Crippen LogP) is 19.4. The molecule has 0 heterocycles. The van der Waals surface area contributed by atoms with Crippen LogP contribution in [0.5, 0.6) is 0 Å². The van der Waals surface area contributed by atoms with Gasteiger partial charge >= 0.3 is 11.9 Å². The Balaban J connectivity index is 4.09. The van der Waals surface area contributed by atoms with Gasteiger partial charge in [0, 0.05) is 12.8 Å². The summed E-state index contributed by atoms with van der Waals surface area (Å²) in [4.78, 5) is 38.0. The number of hydrogen-bond donors (Lipinski definition) is 0. The summed E-state index contributed by atoms with van der Waals surface area (Å²) in [6, 6.07) is 0. The molecular weight excluding hydrogens is 966 g/mol. The maximum atomic E-state index is 12.8. The van der Waals surface area contributed by atoms with E-state index in [4.69, 9.17) is 18.5 Å². The summed E-state index contributed by atoms with van der Waals surface area (Å²) >= 11 is 0. The summed E-state index contributed by atoms with van der Waals surface area (Å²) in [6.07, 6.45) is 75.3. The number of nitrogens with zero attached hydrogens (tertiary/aromatic N) is 1. The van der Waals surface area contributed by atoms with Crippen LogP contribution in [-0.4, -0.2) is 70.0 Å². The van der Waals surface area contributed by atoms with Crippen LogP contribution in [0, 0.1) is 0 Å². The number of esters is 2. The van der Waals surface area contributed by atoms with Gasteiger partial charge in [-0.15, -0.1) is 0 Å². The molecule has 0 aliphatic carbocycles. The average molecular weight is 1090 g/mol. The number of quaternary nitrogens is 1. The maximum absolute atomic E-state index is 12.8. The molecule has 0 bridgehead atoms. The Hall–Kier alpha value is -2.55. The molecule has 0 saturated carbocycles. The Labute approximate surface area is 469 Å². The summed E-state index contributed by atoms with van der Waals surface area (Å²) in [7, 11) is 1.17. The lowest BCUT2D eigenvalue weighted by Gasteiger charge is -2.28. The van der Waals surface area contributed by atoms with Gasteiger partial charge in [0.05, 0.1) is 27.7 Å². The zero-order valence-electron chi connectivity index (χ0n) is 50.2. The molecule has 0 aromatic carbocycles. The molecule has 0 saturated heterocycles. The van der Waals surface area contributed by atoms with Crippen molar-refractivity contribution in [2.45, 2.75) is 290 Å². The van der Waals surface area contributed by atoms with Gasteiger partial charge in [0.1, 0.15) is 19.8 Å². The van der Waals surface area contributed by atoms with Crippen molar-refractivity contribution in [3.63, 3.8) is 0 Å². The SMILES string of the molecule is CC/C=C\C/C=C\C/C=C\C/C=C\CCCCCCCCCCCCC(=O)OC(COC(=O)CCCCCCCCCCCCCCCCCCC/C=C\C/C=C\CCCCCCC)COP(=O)([O-])OCC[N+](C)(C)C. The fraction of sp³-hybridized carbons (Fsp3) is 0.788. The smallest absolute Gasteiger partial charge is 0.306 e. The van der Waals surface area contributed by atoms with Crippen LogP contribution < -0.4 is 4.89 Å². The fourth-order valence-electron chi connectivity index (χ4n) is 8.86. The lowest BCUT2D eigenvalue weighted by Crippen LogP contribution is -2.37. The Morgan fingerprint density at radius 2 is 0.750 bits per heavy atom. The molecule has 0 spiro atoms. The van der Waals surface area contributed by atoms with E-state index in [0.29, 0.717) is 17.4 Å². The van der Waals surface area contributed by atoms with E-state index in [1.807, 2.05) is 21.1 Å². The third kappa shape index (κ3) is 60.7. The Morgan fingerprint density at radius 1 is 0.421 bits per heavy atom. The highest BCUT2D eigenvalue weighted by molar-refractivity contribution is 7.45. The van der Waals surface area contributed by atoms with Crippen LogP contribution in [0.1, 0.15) is 284 Å². The Bertz CT molecular complexity index is 1510. The number of carbonyl (C=O) groups excluding carboxylic acids is 2. The minimum atomic E-state index is -4.64. The van der Waals surface area contributed by atoms with Gasteiger partial charge in [0.2, 0.25) is 0 Å². The zero-order valence-corrected chi connectivity index (χ0v) is 51.1. The van der Waals surface area contributed by atoms with Gasteiger partial charge in [-0.3, -0.25) is 14.2 Å². The van der Waals surface area contributed by atoms with E-state index in [-0.39, 0.29) is 32.0 Å². The van der Waals surface area contributed by atoms with E-state index < -0.39 is 26.5 Å². The van der Waals surface area contributed by atoms with Crippen LogP contribution in [0.15, 0.2) is 72.9 Å². The van der Waals surface area contributed by atoms with Gasteiger partial charge in [0.25, 0.3) is 7.82 Å². The number of likely N-dealkylation sites (N-methyl/N-ethyl adjacent to an activating group) is 1. The van der Waals surface area contributed by atoms with Crippen LogP contribution in [0.3, 0.4) is 0 Å². The Morgan fingerprint density at radius 3 is 1.12 bits per heavy atom. The standard InChI is InChI=1S/C66H120NO8P/c1-6-8-10-12-14-16-18-20-22-24-26-28-30-31-32-33-34-35-37-38-40-42-44-46-48-50-52-54-56-58-65(68)72-62-64(63-74-76(70,71)73-61-60-67(3,4)5)75-66(69)59-57-55-53-51-49-47-45-43-41-39-36-29-27-25-23-21-19-17-15-13-11-9-7-2/h9,11,15,17-18,20-21,23-24,26-27,29,64H,6-8,10,12-14,16,19,22,25,28,30-63H2,1-5H3/b11-9-,17-15-,20-18-,23-21-,26-24-,29-27-. The minimum Gasteiger partial charge on any atom is -0.756 e. The van der Waals surface area contributed by atoms with Crippen LogP contribution in [0.4, 0.5) is 0 Å². The number of allylic oxidation sites excluding steroid dienone is 12. The molecule has 0 aliphatic rings. The van der Waals surface area contributed by atoms with Crippen molar-refractivity contribution in [1.82, 2.24) is 0 Å². The topological polar surface area (TPSA) is 111 Å². The molecule has 0 aromatic rings. The van der Waals surface area contributed by atoms with Gasteiger partial charge in [-0.05, 0) is 83.5 Å². The summed E-state index contributed by atoms with van der Waals surface area (Å²) < 4.78 is 34.2. The van der Waals surface area contributed by atoms with Crippen LogP contribution >= 0.6 is 7.82 Å². The number of phosphoric ester groups is 1. The first-order valence-electron chi connectivity index (χ1n) is 31.6. The fourth-order valence-corrected chi connectivity index (χ4v) is 9.58.